The number of rotatable bonds is 5. The fourth-order valence-electron chi connectivity index (χ4n) is 4.07. The van der Waals surface area contributed by atoms with Crippen molar-refractivity contribution in [1.82, 2.24) is 10.2 Å². The van der Waals surface area contributed by atoms with Gasteiger partial charge in [-0.05, 0) is 78.9 Å². The Morgan fingerprint density at radius 3 is 2.29 bits per heavy atom. The quantitative estimate of drug-likeness (QED) is 0.660. The number of piperidine rings is 1. The molecule has 2 heterocycles. The van der Waals surface area contributed by atoms with Crippen LogP contribution >= 0.6 is 0 Å². The molecule has 0 radical (unpaired) electrons. The first-order valence-electron chi connectivity index (χ1n) is 12.1. The largest absolute Gasteiger partial charge is 0.497 e. The molecule has 1 aromatic carbocycles. The monoisotopic (exact) mass is 476 g/mol. The highest BCUT2D eigenvalue weighted by atomic mass is 19.1. The number of carbonyl (C=O) groups excluding carboxylic acids is 2. The summed E-state index contributed by atoms with van der Waals surface area (Å²) in [6.07, 6.45) is 1.39. The molecule has 0 aromatic heterocycles. The van der Waals surface area contributed by atoms with Gasteiger partial charge in [-0.25, -0.2) is 9.18 Å². The molecule has 2 fully saturated rings. The number of nitrogens with zero attached hydrogens (tertiary/aromatic N) is 1. The predicted octanol–water partition coefficient (Wildman–Crippen LogP) is 3.43. The topological polar surface area (TPSA) is 77.1 Å². The summed E-state index contributed by atoms with van der Waals surface area (Å²) < 4.78 is 31.8. The van der Waals surface area contributed by atoms with Crippen LogP contribution in [0, 0.1) is 11.7 Å². The van der Waals surface area contributed by atoms with Crippen molar-refractivity contribution in [3.05, 3.63) is 29.6 Å². The van der Waals surface area contributed by atoms with Gasteiger partial charge in [0.25, 0.3) is 0 Å². The molecule has 0 saturated carbocycles. The first kappa shape index (κ1) is 26.5. The van der Waals surface area contributed by atoms with E-state index in [9.17, 15) is 14.0 Å². The van der Waals surface area contributed by atoms with Gasteiger partial charge in [-0.15, -0.1) is 0 Å². The van der Waals surface area contributed by atoms with Gasteiger partial charge < -0.3 is 24.3 Å². The Hall–Kier alpha value is -2.13. The molecule has 1 N–H and O–H groups in total. The van der Waals surface area contributed by atoms with Crippen molar-refractivity contribution in [3.63, 3.8) is 0 Å². The minimum absolute atomic E-state index is 0.00466. The van der Waals surface area contributed by atoms with E-state index in [0.717, 1.165) is 18.4 Å². The van der Waals surface area contributed by atoms with Crippen molar-refractivity contribution in [2.24, 2.45) is 5.92 Å². The Morgan fingerprint density at radius 1 is 1.15 bits per heavy atom. The van der Waals surface area contributed by atoms with E-state index < -0.39 is 35.8 Å². The number of carbonyl (C=O) groups is 2. The van der Waals surface area contributed by atoms with E-state index in [1.165, 1.54) is 6.07 Å². The van der Waals surface area contributed by atoms with Crippen LogP contribution in [-0.4, -0.2) is 60.5 Å². The van der Waals surface area contributed by atoms with Gasteiger partial charge in [0, 0.05) is 25.1 Å². The molecule has 0 aliphatic carbocycles. The molecule has 0 unspecified atom stereocenters. The Kier molecular flexibility index (Phi) is 7.68. The Balaban J connectivity index is 1.52. The van der Waals surface area contributed by atoms with E-state index >= 15 is 0 Å². The first-order chi connectivity index (χ1) is 15.7. The van der Waals surface area contributed by atoms with Gasteiger partial charge in [-0.1, -0.05) is 12.1 Å². The van der Waals surface area contributed by atoms with Crippen LogP contribution in [0.5, 0.6) is 0 Å². The van der Waals surface area contributed by atoms with E-state index in [1.807, 2.05) is 53.4 Å². The lowest BCUT2D eigenvalue weighted by molar-refractivity contribution is -0.131. The molecule has 1 aromatic rings. The molecule has 2 amide bonds. The van der Waals surface area contributed by atoms with Gasteiger partial charge in [-0.2, -0.15) is 0 Å². The summed E-state index contributed by atoms with van der Waals surface area (Å²) in [4.78, 5) is 26.6. The molecule has 7 nitrogen and oxygen atoms in total. The van der Waals surface area contributed by atoms with E-state index in [0.29, 0.717) is 31.0 Å². The summed E-state index contributed by atoms with van der Waals surface area (Å²) in [6, 6.07) is 4.68. The number of likely N-dealkylation sites (tertiary alicyclic amines) is 1. The summed E-state index contributed by atoms with van der Waals surface area (Å²) in [6.45, 7) is 15.0. The highest BCUT2D eigenvalue weighted by molar-refractivity contribution is 6.62. The first-order valence-corrected chi connectivity index (χ1v) is 12.1. The molecular weight excluding hydrogens is 438 g/mol. The fourth-order valence-corrected chi connectivity index (χ4v) is 4.07. The summed E-state index contributed by atoms with van der Waals surface area (Å²) in [5.41, 5.74) is -0.625. The van der Waals surface area contributed by atoms with E-state index in [2.05, 4.69) is 5.32 Å². The summed E-state index contributed by atoms with van der Waals surface area (Å²) in [5.74, 6) is -0.101. The van der Waals surface area contributed by atoms with Crippen LogP contribution in [0.3, 0.4) is 0 Å². The number of alkyl carbamates (subject to hydrolysis) is 1. The second-order valence-corrected chi connectivity index (χ2v) is 11.3. The van der Waals surface area contributed by atoms with Crippen LogP contribution < -0.4 is 10.8 Å². The van der Waals surface area contributed by atoms with E-state index in [-0.39, 0.29) is 12.3 Å². The third-order valence-corrected chi connectivity index (χ3v) is 6.82. The highest BCUT2D eigenvalue weighted by Crippen LogP contribution is 2.36. The zero-order valence-corrected chi connectivity index (χ0v) is 21.5. The lowest BCUT2D eigenvalue weighted by atomic mass is 9.77. The molecule has 34 heavy (non-hydrogen) atoms. The molecule has 2 aliphatic rings. The second kappa shape index (κ2) is 9.86. The maximum Gasteiger partial charge on any atom is 0.497 e. The minimum atomic E-state index is -0.812. The van der Waals surface area contributed by atoms with E-state index in [4.69, 9.17) is 14.0 Å². The van der Waals surface area contributed by atoms with Crippen molar-refractivity contribution >= 4 is 24.6 Å². The molecular formula is C25H38BFN2O5. The van der Waals surface area contributed by atoms with Gasteiger partial charge in [0.05, 0.1) is 17.6 Å². The number of nitrogens with one attached hydrogen (secondary N) is 1. The molecule has 2 aliphatic heterocycles. The van der Waals surface area contributed by atoms with Gasteiger partial charge >= 0.3 is 13.2 Å². The minimum Gasteiger partial charge on any atom is -0.444 e. The Morgan fingerprint density at radius 2 is 1.74 bits per heavy atom. The van der Waals surface area contributed by atoms with Crippen molar-refractivity contribution in [1.29, 1.82) is 0 Å². The predicted molar refractivity (Wildman–Crippen MR) is 129 cm³/mol. The van der Waals surface area contributed by atoms with Gasteiger partial charge in [0.1, 0.15) is 11.4 Å². The van der Waals surface area contributed by atoms with Crippen LogP contribution in [0.2, 0.25) is 0 Å². The summed E-state index contributed by atoms with van der Waals surface area (Å²) >= 11 is 0. The maximum atomic E-state index is 14.6. The molecule has 9 heteroatoms. The van der Waals surface area contributed by atoms with E-state index in [1.54, 1.807) is 12.1 Å². The normalized spacial score (nSPS) is 20.4. The number of hydrogen-bond donors (Lipinski definition) is 1. The molecule has 0 atom stereocenters. The third kappa shape index (κ3) is 6.51. The van der Waals surface area contributed by atoms with Crippen LogP contribution in [0.1, 0.15) is 66.9 Å². The smallest absolute Gasteiger partial charge is 0.444 e. The molecule has 0 bridgehead atoms. The number of amides is 2. The average Bonchev–Trinajstić information content (AvgIpc) is 2.94. The van der Waals surface area contributed by atoms with Gasteiger partial charge in [-0.3, -0.25) is 4.79 Å². The third-order valence-electron chi connectivity index (χ3n) is 6.82. The fraction of sp³-hybridized carbons (Fsp3) is 0.680. The van der Waals surface area contributed by atoms with Crippen LogP contribution in [0.25, 0.3) is 0 Å². The Labute approximate surface area is 202 Å². The number of ether oxygens (including phenoxy) is 1. The number of hydrogen-bond acceptors (Lipinski definition) is 5. The van der Waals surface area contributed by atoms with Crippen LogP contribution in [-0.2, 0) is 25.3 Å². The lowest BCUT2D eigenvalue weighted by Crippen LogP contribution is -2.43. The van der Waals surface area contributed by atoms with Crippen molar-refractivity contribution in [2.75, 3.05) is 19.6 Å². The summed E-state index contributed by atoms with van der Waals surface area (Å²) in [5, 5.41) is 2.82. The zero-order chi connectivity index (χ0) is 25.3. The molecule has 0 spiro atoms. The van der Waals surface area contributed by atoms with Crippen LogP contribution in [0.4, 0.5) is 9.18 Å². The highest BCUT2D eigenvalue weighted by Gasteiger charge is 2.52. The lowest BCUT2D eigenvalue weighted by Gasteiger charge is -2.32. The molecule has 2 saturated heterocycles. The SMILES string of the molecule is CC(C)(C)OC(=O)NCC1CCN(C(=O)Cc2ccc(F)c(B3OC(C)(C)C(C)(C)O3)c2)CC1. The zero-order valence-electron chi connectivity index (χ0n) is 21.5. The average molecular weight is 476 g/mol. The standard InChI is InChI=1S/C25H38BFN2O5/c1-23(2,3)32-22(31)28-16-17-10-12-29(13-11-17)21(30)15-18-8-9-20(27)19(14-18)26-33-24(4,5)25(6,7)34-26/h8-9,14,17H,10-13,15-16H2,1-7H3,(H,28,31). The second-order valence-electron chi connectivity index (χ2n) is 11.3. The van der Waals surface area contributed by atoms with Crippen molar-refractivity contribution in [2.45, 2.75) is 84.5 Å². The van der Waals surface area contributed by atoms with Gasteiger partial charge in [0.15, 0.2) is 0 Å². The molecule has 3 rings (SSSR count). The maximum absolute atomic E-state index is 14.6. The summed E-state index contributed by atoms with van der Waals surface area (Å²) in [7, 11) is -0.812. The van der Waals surface area contributed by atoms with Gasteiger partial charge in [0.2, 0.25) is 5.91 Å². The number of benzene rings is 1. The Bertz CT molecular complexity index is 891. The number of halogens is 1. The van der Waals surface area contributed by atoms with Crippen molar-refractivity contribution in [3.8, 4) is 0 Å². The molecule has 188 valence electrons. The van der Waals surface area contributed by atoms with Crippen molar-refractivity contribution < 1.29 is 28.0 Å². The van der Waals surface area contributed by atoms with Crippen LogP contribution in [0.15, 0.2) is 18.2 Å².